The van der Waals surface area contributed by atoms with E-state index in [1.165, 1.54) is 0 Å². The summed E-state index contributed by atoms with van der Waals surface area (Å²) in [5.41, 5.74) is 2.98. The molecular weight excluding hydrogens is 268 g/mol. The maximum atomic E-state index is 11.7. The minimum Gasteiger partial charge on any atom is -0.376 e. The number of nitrogens with zero attached hydrogens (tertiary/aromatic N) is 4. The Morgan fingerprint density at radius 3 is 2.76 bits per heavy atom. The Morgan fingerprint density at radius 1 is 1.38 bits per heavy atom. The smallest absolute Gasteiger partial charge is 0.225 e. The van der Waals surface area contributed by atoms with Crippen molar-refractivity contribution in [3.8, 4) is 0 Å². The lowest BCUT2D eigenvalue weighted by Gasteiger charge is -2.35. The molecule has 0 aromatic carbocycles. The minimum absolute atomic E-state index is 0.123. The third kappa shape index (κ3) is 2.27. The lowest BCUT2D eigenvalue weighted by atomic mass is 9.80. The van der Waals surface area contributed by atoms with Crippen LogP contribution in [0.1, 0.15) is 30.3 Å². The summed E-state index contributed by atoms with van der Waals surface area (Å²) < 4.78 is 5.81. The van der Waals surface area contributed by atoms with Gasteiger partial charge in [-0.2, -0.15) is 0 Å². The van der Waals surface area contributed by atoms with Gasteiger partial charge in [-0.15, -0.1) is 0 Å². The molecule has 1 aromatic heterocycles. The normalized spacial score (nSPS) is 24.3. The van der Waals surface area contributed by atoms with Crippen molar-refractivity contribution in [3.63, 3.8) is 0 Å². The van der Waals surface area contributed by atoms with Gasteiger partial charge in [-0.3, -0.25) is 4.79 Å². The molecule has 1 aromatic rings. The van der Waals surface area contributed by atoms with Crippen LogP contribution in [0.25, 0.3) is 0 Å². The van der Waals surface area contributed by atoms with Crippen LogP contribution in [-0.2, 0) is 21.6 Å². The van der Waals surface area contributed by atoms with Crippen LogP contribution in [0.15, 0.2) is 0 Å². The number of rotatable bonds is 1. The van der Waals surface area contributed by atoms with E-state index in [1.54, 1.807) is 6.92 Å². The first-order chi connectivity index (χ1) is 9.93. The second kappa shape index (κ2) is 4.94. The molecule has 3 heterocycles. The van der Waals surface area contributed by atoms with Gasteiger partial charge in [0.2, 0.25) is 11.9 Å². The lowest BCUT2D eigenvalue weighted by Crippen LogP contribution is -2.42. The van der Waals surface area contributed by atoms with E-state index in [4.69, 9.17) is 9.72 Å². The number of carbonyl (C=O) groups excluding carboxylic acids is 1. The monoisotopic (exact) mass is 290 g/mol. The van der Waals surface area contributed by atoms with E-state index >= 15 is 0 Å². The van der Waals surface area contributed by atoms with Gasteiger partial charge in [-0.1, -0.05) is 0 Å². The molecule has 0 radical (unpaired) electrons. The lowest BCUT2D eigenvalue weighted by molar-refractivity contribution is -0.128. The first-order valence-electron chi connectivity index (χ1n) is 7.31. The van der Waals surface area contributed by atoms with Crippen molar-refractivity contribution in [2.45, 2.75) is 32.3 Å². The molecule has 1 saturated heterocycles. The predicted octanol–water partition coefficient (Wildman–Crippen LogP) is 0.871. The van der Waals surface area contributed by atoms with E-state index in [9.17, 15) is 4.79 Å². The van der Waals surface area contributed by atoms with Crippen molar-refractivity contribution in [2.24, 2.45) is 0 Å². The van der Waals surface area contributed by atoms with E-state index in [0.717, 1.165) is 35.9 Å². The van der Waals surface area contributed by atoms with Gasteiger partial charge in [0, 0.05) is 45.4 Å². The van der Waals surface area contributed by atoms with Crippen LogP contribution in [0.2, 0.25) is 0 Å². The number of carbonyl (C=O) groups is 1. The molecule has 1 spiro atoms. The Hall–Kier alpha value is -1.69. The van der Waals surface area contributed by atoms with Gasteiger partial charge in [0.15, 0.2) is 0 Å². The van der Waals surface area contributed by atoms with Gasteiger partial charge in [0.25, 0.3) is 0 Å². The van der Waals surface area contributed by atoms with Gasteiger partial charge < -0.3 is 14.5 Å². The molecule has 0 bridgehead atoms. The number of aromatic nitrogens is 2. The first kappa shape index (κ1) is 14.3. The zero-order chi connectivity index (χ0) is 15.2. The number of hydrogen-bond acceptors (Lipinski definition) is 5. The van der Waals surface area contributed by atoms with Crippen LogP contribution in [0, 0.1) is 6.92 Å². The molecule has 2 aliphatic heterocycles. The minimum atomic E-state index is -0.169. The number of anilines is 1. The molecule has 6 heteroatoms. The molecule has 0 saturated carbocycles. The summed E-state index contributed by atoms with van der Waals surface area (Å²) in [5, 5.41) is 0. The second-order valence-electron chi connectivity index (χ2n) is 6.29. The van der Waals surface area contributed by atoms with E-state index in [1.807, 2.05) is 30.8 Å². The number of amides is 1. The molecule has 1 amide bonds. The maximum Gasteiger partial charge on any atom is 0.225 e. The van der Waals surface area contributed by atoms with E-state index in [-0.39, 0.29) is 11.3 Å². The van der Waals surface area contributed by atoms with Crippen LogP contribution >= 0.6 is 0 Å². The number of likely N-dealkylation sites (tertiary alicyclic amines) is 1. The van der Waals surface area contributed by atoms with Gasteiger partial charge in [0.05, 0.1) is 24.3 Å². The fourth-order valence-corrected chi connectivity index (χ4v) is 3.26. The van der Waals surface area contributed by atoms with Crippen molar-refractivity contribution >= 4 is 11.9 Å². The summed E-state index contributed by atoms with van der Waals surface area (Å²) in [7, 11) is 3.90. The quantitative estimate of drug-likeness (QED) is 0.768. The first-order valence-corrected chi connectivity index (χ1v) is 7.31. The highest BCUT2D eigenvalue weighted by molar-refractivity contribution is 5.74. The summed E-state index contributed by atoms with van der Waals surface area (Å²) in [6.45, 7) is 6.30. The van der Waals surface area contributed by atoms with Crippen LogP contribution in [0.4, 0.5) is 5.95 Å². The standard InChI is InChI=1S/C15H22N4O2/c1-10-12-7-21-9-15(5-6-19(8-15)11(2)20)13(12)17-14(16-10)18(3)4/h5-9H2,1-4H3/t15-/m1/s1. The molecule has 2 aliphatic rings. The molecule has 6 nitrogen and oxygen atoms in total. The molecular formula is C15H22N4O2. The summed E-state index contributed by atoms with van der Waals surface area (Å²) >= 11 is 0. The Bertz CT molecular complexity index is 587. The zero-order valence-electron chi connectivity index (χ0n) is 13.1. The van der Waals surface area contributed by atoms with Crippen LogP contribution in [0.5, 0.6) is 0 Å². The Labute approximate surface area is 125 Å². The third-order valence-electron chi connectivity index (χ3n) is 4.53. The fraction of sp³-hybridized carbons (Fsp3) is 0.667. The summed E-state index contributed by atoms with van der Waals surface area (Å²) in [5.74, 6) is 0.853. The topological polar surface area (TPSA) is 58.6 Å². The van der Waals surface area contributed by atoms with Gasteiger partial charge in [-0.25, -0.2) is 9.97 Å². The molecule has 0 N–H and O–H groups in total. The van der Waals surface area contributed by atoms with E-state index < -0.39 is 0 Å². The largest absolute Gasteiger partial charge is 0.376 e. The molecule has 1 atom stereocenters. The highest BCUT2D eigenvalue weighted by Gasteiger charge is 2.46. The average Bonchev–Trinajstić information content (AvgIpc) is 2.85. The second-order valence-corrected chi connectivity index (χ2v) is 6.29. The van der Waals surface area contributed by atoms with E-state index in [2.05, 4.69) is 4.98 Å². The van der Waals surface area contributed by atoms with Crippen LogP contribution in [0.3, 0.4) is 0 Å². The highest BCUT2D eigenvalue weighted by Crippen LogP contribution is 2.40. The molecule has 3 rings (SSSR count). The van der Waals surface area contributed by atoms with Crippen molar-refractivity contribution in [3.05, 3.63) is 17.0 Å². The van der Waals surface area contributed by atoms with Crippen molar-refractivity contribution < 1.29 is 9.53 Å². The maximum absolute atomic E-state index is 11.7. The molecule has 0 aliphatic carbocycles. The SMILES string of the molecule is CC(=O)N1CC[C@]2(COCc3c(C)nc(N(C)C)nc32)C1. The van der Waals surface area contributed by atoms with Gasteiger partial charge in [-0.05, 0) is 13.3 Å². The Kier molecular flexibility index (Phi) is 3.36. The highest BCUT2D eigenvalue weighted by atomic mass is 16.5. The van der Waals surface area contributed by atoms with Crippen molar-refractivity contribution in [1.29, 1.82) is 0 Å². The Morgan fingerprint density at radius 2 is 2.14 bits per heavy atom. The average molecular weight is 290 g/mol. The molecule has 0 unspecified atom stereocenters. The summed E-state index contributed by atoms with van der Waals surface area (Å²) in [6.07, 6.45) is 0.906. The van der Waals surface area contributed by atoms with Gasteiger partial charge >= 0.3 is 0 Å². The van der Waals surface area contributed by atoms with Gasteiger partial charge in [0.1, 0.15) is 0 Å². The third-order valence-corrected chi connectivity index (χ3v) is 4.53. The predicted molar refractivity (Wildman–Crippen MR) is 79.3 cm³/mol. The summed E-state index contributed by atoms with van der Waals surface area (Å²) in [4.78, 5) is 24.8. The fourth-order valence-electron chi connectivity index (χ4n) is 3.26. The number of hydrogen-bond donors (Lipinski definition) is 0. The van der Waals surface area contributed by atoms with E-state index in [0.29, 0.717) is 19.8 Å². The number of aryl methyl sites for hydroxylation is 1. The molecule has 1 fully saturated rings. The van der Waals surface area contributed by atoms with Crippen molar-refractivity contribution in [2.75, 3.05) is 38.7 Å². The summed E-state index contributed by atoms with van der Waals surface area (Å²) in [6, 6.07) is 0. The van der Waals surface area contributed by atoms with Crippen LogP contribution < -0.4 is 4.90 Å². The number of fused-ring (bicyclic) bond motifs is 2. The number of ether oxygens (including phenoxy) is 1. The van der Waals surface area contributed by atoms with Crippen molar-refractivity contribution in [1.82, 2.24) is 14.9 Å². The zero-order valence-corrected chi connectivity index (χ0v) is 13.1. The molecule has 114 valence electrons. The Balaban J connectivity index is 2.07. The van der Waals surface area contributed by atoms with Crippen LogP contribution in [-0.4, -0.2) is 54.6 Å². The molecule has 21 heavy (non-hydrogen) atoms.